The summed E-state index contributed by atoms with van der Waals surface area (Å²) in [6, 6.07) is 4.78. The molecule has 0 spiro atoms. The van der Waals surface area contributed by atoms with Gasteiger partial charge in [-0.25, -0.2) is 4.39 Å². The van der Waals surface area contributed by atoms with Crippen LogP contribution in [0.4, 0.5) is 4.39 Å². The van der Waals surface area contributed by atoms with Crippen molar-refractivity contribution in [2.24, 2.45) is 23.5 Å². The van der Waals surface area contributed by atoms with Gasteiger partial charge < -0.3 is 10.6 Å². The van der Waals surface area contributed by atoms with Crippen LogP contribution in [0.15, 0.2) is 22.7 Å². The van der Waals surface area contributed by atoms with Gasteiger partial charge in [-0.05, 0) is 49.3 Å². The molecule has 2 bridgehead atoms. The van der Waals surface area contributed by atoms with Gasteiger partial charge in [0.1, 0.15) is 5.82 Å². The first-order valence-electron chi connectivity index (χ1n) is 7.42. The van der Waals surface area contributed by atoms with E-state index < -0.39 is 0 Å². The first kappa shape index (κ1) is 15.0. The van der Waals surface area contributed by atoms with Crippen molar-refractivity contribution in [3.63, 3.8) is 0 Å². The summed E-state index contributed by atoms with van der Waals surface area (Å²) in [5.41, 5.74) is 6.75. The average molecular weight is 355 g/mol. The highest BCUT2D eigenvalue weighted by atomic mass is 79.9. The Morgan fingerprint density at radius 2 is 2.14 bits per heavy atom. The molecule has 0 saturated heterocycles. The van der Waals surface area contributed by atoms with Crippen molar-refractivity contribution in [3.8, 4) is 0 Å². The zero-order chi connectivity index (χ0) is 15.1. The lowest BCUT2D eigenvalue weighted by Crippen LogP contribution is -2.45. The maximum absolute atomic E-state index is 13.8. The van der Waals surface area contributed by atoms with Gasteiger partial charge in [0.05, 0.1) is 5.92 Å². The molecule has 4 atom stereocenters. The van der Waals surface area contributed by atoms with Gasteiger partial charge in [-0.15, -0.1) is 0 Å². The maximum Gasteiger partial charge on any atom is 0.227 e. The lowest BCUT2D eigenvalue weighted by molar-refractivity contribution is -0.137. The van der Waals surface area contributed by atoms with E-state index in [0.29, 0.717) is 17.4 Å². The summed E-state index contributed by atoms with van der Waals surface area (Å²) in [4.78, 5) is 14.3. The first-order valence-corrected chi connectivity index (χ1v) is 8.21. The fraction of sp³-hybridized carbons (Fsp3) is 0.562. The van der Waals surface area contributed by atoms with E-state index in [2.05, 4.69) is 15.9 Å². The standard InChI is InChI=1S/C16H20BrFN2O/c1-20(8-11-7-12(17)4-5-13(11)18)16(21)14-9-2-3-10(6-9)15(14)19/h4-5,7,9-10,14-15H,2-3,6,8,19H2,1H3. The van der Waals surface area contributed by atoms with Crippen molar-refractivity contribution in [2.45, 2.75) is 31.8 Å². The topological polar surface area (TPSA) is 46.3 Å². The van der Waals surface area contributed by atoms with Gasteiger partial charge in [-0.2, -0.15) is 0 Å². The van der Waals surface area contributed by atoms with Gasteiger partial charge in [0.2, 0.25) is 5.91 Å². The van der Waals surface area contributed by atoms with Gasteiger partial charge in [0.15, 0.2) is 0 Å². The molecule has 5 heteroatoms. The second-order valence-electron chi connectivity index (χ2n) is 6.37. The molecule has 1 amide bonds. The van der Waals surface area contributed by atoms with Gasteiger partial charge >= 0.3 is 0 Å². The maximum atomic E-state index is 13.8. The highest BCUT2D eigenvalue weighted by molar-refractivity contribution is 9.10. The fourth-order valence-corrected chi connectivity index (χ4v) is 4.36. The van der Waals surface area contributed by atoms with E-state index in [4.69, 9.17) is 5.73 Å². The Labute approximate surface area is 132 Å². The molecule has 1 aromatic rings. The monoisotopic (exact) mass is 354 g/mol. The molecule has 1 aromatic carbocycles. The highest BCUT2D eigenvalue weighted by Gasteiger charge is 2.49. The first-order chi connectivity index (χ1) is 9.97. The van der Waals surface area contributed by atoms with Crippen LogP contribution in [0.3, 0.4) is 0 Å². The molecular formula is C16H20BrFN2O. The molecule has 2 fully saturated rings. The minimum Gasteiger partial charge on any atom is -0.341 e. The number of hydrogen-bond acceptors (Lipinski definition) is 2. The van der Waals surface area contributed by atoms with Crippen molar-refractivity contribution < 1.29 is 9.18 Å². The van der Waals surface area contributed by atoms with E-state index in [-0.39, 0.29) is 30.2 Å². The second kappa shape index (κ2) is 5.69. The van der Waals surface area contributed by atoms with E-state index in [1.54, 1.807) is 24.1 Å². The van der Waals surface area contributed by atoms with Gasteiger partial charge in [-0.1, -0.05) is 15.9 Å². The van der Waals surface area contributed by atoms with Crippen LogP contribution >= 0.6 is 15.9 Å². The number of carbonyl (C=O) groups is 1. The van der Waals surface area contributed by atoms with E-state index in [0.717, 1.165) is 23.7 Å². The third kappa shape index (κ3) is 2.73. The lowest BCUT2D eigenvalue weighted by atomic mass is 9.84. The van der Waals surface area contributed by atoms with Gasteiger partial charge in [0, 0.05) is 29.7 Å². The summed E-state index contributed by atoms with van der Waals surface area (Å²) in [6.45, 7) is 0.282. The molecule has 21 heavy (non-hydrogen) atoms. The van der Waals surface area contributed by atoms with Crippen LogP contribution in [0.2, 0.25) is 0 Å². The van der Waals surface area contributed by atoms with E-state index in [9.17, 15) is 9.18 Å². The molecule has 3 rings (SSSR count). The molecule has 2 aliphatic carbocycles. The summed E-state index contributed by atoms with van der Waals surface area (Å²) in [6.07, 6.45) is 3.34. The van der Waals surface area contributed by atoms with Crippen LogP contribution in [0, 0.1) is 23.6 Å². The zero-order valence-corrected chi connectivity index (χ0v) is 13.6. The number of fused-ring (bicyclic) bond motifs is 2. The number of benzene rings is 1. The Morgan fingerprint density at radius 1 is 1.43 bits per heavy atom. The molecule has 0 radical (unpaired) electrons. The predicted molar refractivity (Wildman–Crippen MR) is 82.9 cm³/mol. The summed E-state index contributed by atoms with van der Waals surface area (Å²) in [5, 5.41) is 0. The SMILES string of the molecule is CN(Cc1cc(Br)ccc1F)C(=O)C1C2CCC(C2)C1N. The van der Waals surface area contributed by atoms with Gasteiger partial charge in [-0.3, -0.25) is 4.79 Å². The molecule has 114 valence electrons. The second-order valence-corrected chi connectivity index (χ2v) is 7.28. The number of nitrogens with zero attached hydrogens (tertiary/aromatic N) is 1. The molecule has 2 aliphatic rings. The summed E-state index contributed by atoms with van der Waals surface area (Å²) in [5.74, 6) is 0.625. The third-order valence-corrected chi connectivity index (χ3v) is 5.55. The van der Waals surface area contributed by atoms with Gasteiger partial charge in [0.25, 0.3) is 0 Å². The van der Waals surface area contributed by atoms with Crippen LogP contribution in [0.5, 0.6) is 0 Å². The third-order valence-electron chi connectivity index (χ3n) is 5.06. The van der Waals surface area contributed by atoms with Crippen molar-refractivity contribution in [1.82, 2.24) is 4.90 Å². The van der Waals surface area contributed by atoms with Crippen LogP contribution in [-0.2, 0) is 11.3 Å². The van der Waals surface area contributed by atoms with Crippen LogP contribution in [0.25, 0.3) is 0 Å². The lowest BCUT2D eigenvalue weighted by Gasteiger charge is -2.31. The average Bonchev–Trinajstić information content (AvgIpc) is 3.03. The van der Waals surface area contributed by atoms with E-state index in [1.165, 1.54) is 6.07 Å². The van der Waals surface area contributed by atoms with Crippen molar-refractivity contribution >= 4 is 21.8 Å². The van der Waals surface area contributed by atoms with E-state index >= 15 is 0 Å². The number of carbonyl (C=O) groups excluding carboxylic acids is 1. The molecule has 4 unspecified atom stereocenters. The fourth-order valence-electron chi connectivity index (χ4n) is 3.95. The molecule has 0 aromatic heterocycles. The van der Waals surface area contributed by atoms with E-state index in [1.807, 2.05) is 0 Å². The number of rotatable bonds is 3. The number of hydrogen-bond donors (Lipinski definition) is 1. The smallest absolute Gasteiger partial charge is 0.227 e. The Kier molecular flexibility index (Phi) is 4.06. The Hall–Kier alpha value is -0.940. The minimum atomic E-state index is -0.282. The summed E-state index contributed by atoms with van der Waals surface area (Å²) < 4.78 is 14.6. The zero-order valence-electron chi connectivity index (χ0n) is 12.1. The molecule has 0 aliphatic heterocycles. The minimum absolute atomic E-state index is 0.0222. The van der Waals surface area contributed by atoms with Crippen molar-refractivity contribution in [3.05, 3.63) is 34.1 Å². The van der Waals surface area contributed by atoms with Crippen LogP contribution < -0.4 is 5.73 Å². The summed E-state index contributed by atoms with van der Waals surface area (Å²) >= 11 is 3.34. The van der Waals surface area contributed by atoms with Crippen molar-refractivity contribution in [2.75, 3.05) is 7.05 Å². The Bertz CT molecular complexity index is 563. The number of nitrogens with two attached hydrogens (primary N) is 1. The Morgan fingerprint density at radius 3 is 2.81 bits per heavy atom. The highest BCUT2D eigenvalue weighted by Crippen LogP contribution is 2.48. The molecule has 2 saturated carbocycles. The predicted octanol–water partition coefficient (Wildman–Crippen LogP) is 2.92. The number of amides is 1. The quantitative estimate of drug-likeness (QED) is 0.906. The normalized spacial score (nSPS) is 30.7. The Balaban J connectivity index is 1.72. The van der Waals surface area contributed by atoms with Crippen LogP contribution in [-0.4, -0.2) is 23.9 Å². The molecule has 3 nitrogen and oxygen atoms in total. The molecular weight excluding hydrogens is 335 g/mol. The largest absolute Gasteiger partial charge is 0.341 e. The number of halogens is 2. The van der Waals surface area contributed by atoms with Crippen LogP contribution in [0.1, 0.15) is 24.8 Å². The van der Waals surface area contributed by atoms with Crippen molar-refractivity contribution in [1.29, 1.82) is 0 Å². The molecule has 0 heterocycles. The molecule has 2 N–H and O–H groups in total. The summed E-state index contributed by atoms with van der Waals surface area (Å²) in [7, 11) is 1.74.